The molecule has 2 atom stereocenters. The van der Waals surface area contributed by atoms with Gasteiger partial charge in [0.15, 0.2) is 0 Å². The molecule has 18 heavy (non-hydrogen) atoms. The molecule has 0 bridgehead atoms. The molecular formula is C15H20N2O. The van der Waals surface area contributed by atoms with Crippen LogP contribution in [-0.4, -0.2) is 24.2 Å². The number of hydrogen-bond acceptors (Lipinski definition) is 2. The summed E-state index contributed by atoms with van der Waals surface area (Å²) >= 11 is 0. The van der Waals surface area contributed by atoms with Gasteiger partial charge in [-0.15, -0.1) is 0 Å². The van der Waals surface area contributed by atoms with Crippen molar-refractivity contribution < 1.29 is 4.74 Å². The van der Waals surface area contributed by atoms with Crippen molar-refractivity contribution >= 4 is 10.9 Å². The Morgan fingerprint density at radius 3 is 3.22 bits per heavy atom. The summed E-state index contributed by atoms with van der Waals surface area (Å²) in [7, 11) is 0. The molecule has 3 nitrogen and oxygen atoms in total. The highest BCUT2D eigenvalue weighted by atomic mass is 16.5. The second-order valence-corrected chi connectivity index (χ2v) is 5.15. The summed E-state index contributed by atoms with van der Waals surface area (Å²) in [5.74, 6) is 0.662. The monoisotopic (exact) mass is 244 g/mol. The summed E-state index contributed by atoms with van der Waals surface area (Å²) < 4.78 is 5.44. The van der Waals surface area contributed by atoms with Gasteiger partial charge < -0.3 is 15.0 Å². The van der Waals surface area contributed by atoms with Crippen molar-refractivity contribution in [3.63, 3.8) is 0 Å². The second-order valence-electron chi connectivity index (χ2n) is 5.15. The number of benzene rings is 1. The summed E-state index contributed by atoms with van der Waals surface area (Å²) in [6, 6.07) is 9.09. The van der Waals surface area contributed by atoms with Gasteiger partial charge in [-0.2, -0.15) is 0 Å². The minimum absolute atomic E-state index is 0.515. The minimum atomic E-state index is 0.515. The van der Waals surface area contributed by atoms with E-state index in [9.17, 15) is 0 Å². The van der Waals surface area contributed by atoms with Gasteiger partial charge in [0.05, 0.1) is 6.61 Å². The first-order chi connectivity index (χ1) is 8.84. The lowest BCUT2D eigenvalue weighted by atomic mass is 10.0. The highest BCUT2D eigenvalue weighted by molar-refractivity contribution is 5.82. The number of rotatable bonds is 4. The molecule has 1 aromatic heterocycles. The molecule has 3 heteroatoms. The van der Waals surface area contributed by atoms with Crippen LogP contribution in [0.5, 0.6) is 0 Å². The maximum atomic E-state index is 5.44. The van der Waals surface area contributed by atoms with Crippen molar-refractivity contribution in [2.45, 2.75) is 25.9 Å². The molecule has 0 spiro atoms. The Morgan fingerprint density at radius 2 is 2.39 bits per heavy atom. The lowest BCUT2D eigenvalue weighted by molar-refractivity contribution is 0.178. The molecule has 1 aromatic carbocycles. The van der Waals surface area contributed by atoms with Crippen molar-refractivity contribution in [3.05, 3.63) is 36.0 Å². The van der Waals surface area contributed by atoms with Crippen LogP contribution in [0, 0.1) is 5.92 Å². The first-order valence-electron chi connectivity index (χ1n) is 6.71. The molecule has 2 heterocycles. The fourth-order valence-electron chi connectivity index (χ4n) is 2.69. The van der Waals surface area contributed by atoms with Crippen LogP contribution in [0.3, 0.4) is 0 Å². The van der Waals surface area contributed by atoms with Crippen LogP contribution in [0.15, 0.2) is 30.5 Å². The van der Waals surface area contributed by atoms with Crippen molar-refractivity contribution in [1.29, 1.82) is 0 Å². The van der Waals surface area contributed by atoms with E-state index in [4.69, 9.17) is 4.74 Å². The van der Waals surface area contributed by atoms with Crippen LogP contribution >= 0.6 is 0 Å². The Labute approximate surface area is 108 Å². The molecular weight excluding hydrogens is 224 g/mol. The molecule has 2 N–H and O–H groups in total. The maximum Gasteiger partial charge on any atom is 0.0509 e. The third-order valence-electron chi connectivity index (χ3n) is 3.97. The lowest BCUT2D eigenvalue weighted by Gasteiger charge is -2.19. The first-order valence-corrected chi connectivity index (χ1v) is 6.71. The number of aromatic amines is 1. The molecule has 1 saturated heterocycles. The van der Waals surface area contributed by atoms with E-state index >= 15 is 0 Å². The normalized spacial score (nSPS) is 21.5. The quantitative estimate of drug-likeness (QED) is 0.867. The Hall–Kier alpha value is -1.32. The van der Waals surface area contributed by atoms with E-state index in [0.29, 0.717) is 12.0 Å². The molecule has 2 unspecified atom stereocenters. The molecule has 96 valence electrons. The predicted molar refractivity (Wildman–Crippen MR) is 73.5 cm³/mol. The SMILES string of the molecule is CC(NCc1cccc2[nH]ccc12)C1CCOC1. The van der Waals surface area contributed by atoms with Gasteiger partial charge >= 0.3 is 0 Å². The second kappa shape index (κ2) is 5.12. The Morgan fingerprint density at radius 1 is 1.44 bits per heavy atom. The Bertz CT molecular complexity index is 514. The van der Waals surface area contributed by atoms with E-state index in [1.807, 2.05) is 6.20 Å². The smallest absolute Gasteiger partial charge is 0.0509 e. The van der Waals surface area contributed by atoms with Crippen LogP contribution < -0.4 is 5.32 Å². The zero-order chi connectivity index (χ0) is 12.4. The van der Waals surface area contributed by atoms with Crippen molar-refractivity contribution in [2.75, 3.05) is 13.2 Å². The molecule has 1 aliphatic heterocycles. The van der Waals surface area contributed by atoms with E-state index in [0.717, 1.165) is 19.8 Å². The highest BCUT2D eigenvalue weighted by Gasteiger charge is 2.21. The van der Waals surface area contributed by atoms with Gasteiger partial charge in [-0.25, -0.2) is 0 Å². The van der Waals surface area contributed by atoms with E-state index in [1.165, 1.54) is 22.9 Å². The lowest BCUT2D eigenvalue weighted by Crippen LogP contribution is -2.33. The third-order valence-corrected chi connectivity index (χ3v) is 3.97. The summed E-state index contributed by atoms with van der Waals surface area (Å²) in [5, 5.41) is 4.95. The summed E-state index contributed by atoms with van der Waals surface area (Å²) in [4.78, 5) is 3.25. The summed E-state index contributed by atoms with van der Waals surface area (Å²) in [5.41, 5.74) is 2.57. The zero-order valence-electron chi connectivity index (χ0n) is 10.8. The molecule has 1 aliphatic rings. The van der Waals surface area contributed by atoms with Crippen molar-refractivity contribution in [3.8, 4) is 0 Å². The molecule has 0 saturated carbocycles. The number of hydrogen-bond donors (Lipinski definition) is 2. The van der Waals surface area contributed by atoms with Crippen LogP contribution in [0.2, 0.25) is 0 Å². The third kappa shape index (κ3) is 2.28. The summed E-state index contributed by atoms with van der Waals surface area (Å²) in [6.07, 6.45) is 3.19. The maximum absolute atomic E-state index is 5.44. The summed E-state index contributed by atoms with van der Waals surface area (Å²) in [6.45, 7) is 5.01. The van der Waals surface area contributed by atoms with Gasteiger partial charge in [-0.1, -0.05) is 12.1 Å². The highest BCUT2D eigenvalue weighted by Crippen LogP contribution is 2.19. The van der Waals surface area contributed by atoms with E-state index in [-0.39, 0.29) is 0 Å². The molecule has 1 fully saturated rings. The van der Waals surface area contributed by atoms with Crippen LogP contribution in [-0.2, 0) is 11.3 Å². The first kappa shape index (κ1) is 11.8. The van der Waals surface area contributed by atoms with Crippen LogP contribution in [0.25, 0.3) is 10.9 Å². The van der Waals surface area contributed by atoms with Gasteiger partial charge in [0.2, 0.25) is 0 Å². The number of nitrogens with one attached hydrogen (secondary N) is 2. The molecule has 2 aromatic rings. The molecule has 3 rings (SSSR count). The van der Waals surface area contributed by atoms with E-state index in [1.54, 1.807) is 0 Å². The molecule has 0 amide bonds. The largest absolute Gasteiger partial charge is 0.381 e. The average Bonchev–Trinajstić information content (AvgIpc) is 3.05. The van der Waals surface area contributed by atoms with E-state index in [2.05, 4.69) is 41.5 Å². The zero-order valence-corrected chi connectivity index (χ0v) is 10.8. The average molecular weight is 244 g/mol. The van der Waals surface area contributed by atoms with Gasteiger partial charge in [0, 0.05) is 36.3 Å². The number of ether oxygens (including phenoxy) is 1. The Kier molecular flexibility index (Phi) is 3.35. The van der Waals surface area contributed by atoms with Gasteiger partial charge in [0.1, 0.15) is 0 Å². The predicted octanol–water partition coefficient (Wildman–Crippen LogP) is 2.68. The van der Waals surface area contributed by atoms with Gasteiger partial charge in [-0.3, -0.25) is 0 Å². The van der Waals surface area contributed by atoms with Crippen LogP contribution in [0.1, 0.15) is 18.9 Å². The standard InChI is InChI=1S/C15H20N2O/c1-11(13-6-8-18-10-13)17-9-12-3-2-4-15-14(12)5-7-16-15/h2-5,7,11,13,16-17H,6,8-10H2,1H3. The number of H-pyrrole nitrogens is 1. The van der Waals surface area contributed by atoms with Crippen LogP contribution in [0.4, 0.5) is 0 Å². The molecule has 0 radical (unpaired) electrons. The topological polar surface area (TPSA) is 37.0 Å². The fraction of sp³-hybridized carbons (Fsp3) is 0.467. The van der Waals surface area contributed by atoms with Crippen molar-refractivity contribution in [2.24, 2.45) is 5.92 Å². The molecule has 0 aliphatic carbocycles. The minimum Gasteiger partial charge on any atom is -0.381 e. The number of fused-ring (bicyclic) bond motifs is 1. The van der Waals surface area contributed by atoms with Gasteiger partial charge in [-0.05, 0) is 37.0 Å². The van der Waals surface area contributed by atoms with E-state index < -0.39 is 0 Å². The fourth-order valence-corrected chi connectivity index (χ4v) is 2.69. The Balaban J connectivity index is 1.67. The van der Waals surface area contributed by atoms with Crippen molar-refractivity contribution in [1.82, 2.24) is 10.3 Å². The van der Waals surface area contributed by atoms with Gasteiger partial charge in [0.25, 0.3) is 0 Å². The number of aromatic nitrogens is 1.